The normalized spacial score (nSPS) is 11.8. The molecule has 0 saturated carbocycles. The predicted molar refractivity (Wildman–Crippen MR) is 101 cm³/mol. The van der Waals surface area contributed by atoms with E-state index in [0.717, 1.165) is 22.6 Å². The molecular formula is C21H23N3O2. The monoisotopic (exact) mass is 349 g/mol. The lowest BCUT2D eigenvalue weighted by Gasteiger charge is -2.19. The second kappa shape index (κ2) is 8.34. The summed E-state index contributed by atoms with van der Waals surface area (Å²) in [7, 11) is 0. The summed E-state index contributed by atoms with van der Waals surface area (Å²) in [6.07, 6.45) is 5.45. The van der Waals surface area contributed by atoms with Crippen LogP contribution in [0.3, 0.4) is 0 Å². The Morgan fingerprint density at radius 1 is 1.19 bits per heavy atom. The van der Waals surface area contributed by atoms with Crippen LogP contribution >= 0.6 is 0 Å². The summed E-state index contributed by atoms with van der Waals surface area (Å²) < 4.78 is 7.85. The lowest BCUT2D eigenvalue weighted by Crippen LogP contribution is -2.37. The number of hydrogen-bond acceptors (Lipinski definition) is 3. The van der Waals surface area contributed by atoms with Crippen molar-refractivity contribution < 1.29 is 9.53 Å². The maximum atomic E-state index is 12.6. The lowest BCUT2D eigenvalue weighted by atomic mass is 10.1. The molecule has 5 nitrogen and oxygen atoms in total. The molecule has 1 amide bonds. The van der Waals surface area contributed by atoms with Crippen LogP contribution in [0.5, 0.6) is 5.75 Å². The van der Waals surface area contributed by atoms with E-state index in [-0.39, 0.29) is 5.91 Å². The topological polar surface area (TPSA) is 56.1 Å². The quantitative estimate of drug-likeness (QED) is 0.708. The highest BCUT2D eigenvalue weighted by molar-refractivity contribution is 5.81. The van der Waals surface area contributed by atoms with Crippen molar-refractivity contribution in [3.05, 3.63) is 78.4 Å². The highest BCUT2D eigenvalue weighted by atomic mass is 16.5. The van der Waals surface area contributed by atoms with Gasteiger partial charge in [-0.2, -0.15) is 0 Å². The Morgan fingerprint density at radius 2 is 1.96 bits per heavy atom. The highest BCUT2D eigenvalue weighted by Crippen LogP contribution is 2.19. The first kappa shape index (κ1) is 17.7. The van der Waals surface area contributed by atoms with Crippen molar-refractivity contribution in [2.24, 2.45) is 0 Å². The molecule has 0 saturated heterocycles. The fourth-order valence-corrected chi connectivity index (χ4v) is 2.77. The molecule has 5 heteroatoms. The van der Waals surface area contributed by atoms with Crippen LogP contribution < -0.4 is 10.1 Å². The molecule has 0 spiro atoms. The molecule has 1 aromatic heterocycles. The fourth-order valence-electron chi connectivity index (χ4n) is 2.77. The second-order valence-electron chi connectivity index (χ2n) is 6.10. The number of benzene rings is 2. The van der Waals surface area contributed by atoms with Crippen molar-refractivity contribution >= 4 is 5.91 Å². The van der Waals surface area contributed by atoms with Gasteiger partial charge in [0, 0.05) is 18.9 Å². The molecule has 3 aromatic rings. The molecule has 0 radical (unpaired) electrons. The molecule has 0 bridgehead atoms. The van der Waals surface area contributed by atoms with Crippen molar-refractivity contribution in [2.45, 2.75) is 32.9 Å². The smallest absolute Gasteiger partial charge is 0.261 e. The second-order valence-corrected chi connectivity index (χ2v) is 6.10. The number of ether oxygens (including phenoxy) is 1. The van der Waals surface area contributed by atoms with Gasteiger partial charge in [-0.15, -0.1) is 0 Å². The number of aromatic nitrogens is 2. The zero-order valence-corrected chi connectivity index (χ0v) is 15.1. The van der Waals surface area contributed by atoms with Crippen LogP contribution in [-0.4, -0.2) is 21.6 Å². The zero-order chi connectivity index (χ0) is 18.4. The average Bonchev–Trinajstić information content (AvgIpc) is 3.20. The molecule has 1 N–H and O–H groups in total. The summed E-state index contributed by atoms with van der Waals surface area (Å²) in [5, 5.41) is 2.99. The van der Waals surface area contributed by atoms with Gasteiger partial charge < -0.3 is 14.6 Å². The Labute approximate surface area is 153 Å². The van der Waals surface area contributed by atoms with Crippen LogP contribution in [-0.2, 0) is 11.3 Å². The van der Waals surface area contributed by atoms with Gasteiger partial charge in [0.25, 0.3) is 5.91 Å². The van der Waals surface area contributed by atoms with E-state index in [4.69, 9.17) is 4.74 Å². The van der Waals surface area contributed by atoms with E-state index in [1.807, 2.05) is 73.1 Å². The van der Waals surface area contributed by atoms with Crippen molar-refractivity contribution in [1.29, 1.82) is 0 Å². The summed E-state index contributed by atoms with van der Waals surface area (Å²) in [4.78, 5) is 16.7. The molecule has 0 aliphatic heterocycles. The summed E-state index contributed by atoms with van der Waals surface area (Å²) in [5.74, 6) is 0.629. The minimum absolute atomic E-state index is 0.115. The standard InChI is InChI=1S/C21H23N3O2/c1-3-19(26-20-11-7-4-8-16(20)2)21(25)23-14-17-9-5-6-10-18(17)24-13-12-22-15-24/h4-13,15,19H,3,14H2,1-2H3,(H,23,25)/t19-/m0/s1. The minimum atomic E-state index is -0.517. The van der Waals surface area contributed by atoms with Crippen LogP contribution in [0.4, 0.5) is 0 Å². The van der Waals surface area contributed by atoms with Crippen LogP contribution in [0.25, 0.3) is 5.69 Å². The first-order valence-electron chi connectivity index (χ1n) is 8.75. The molecule has 134 valence electrons. The lowest BCUT2D eigenvalue weighted by molar-refractivity contribution is -0.128. The number of amides is 1. The van der Waals surface area contributed by atoms with E-state index in [9.17, 15) is 4.79 Å². The van der Waals surface area contributed by atoms with E-state index < -0.39 is 6.10 Å². The van der Waals surface area contributed by atoms with Gasteiger partial charge in [0.2, 0.25) is 0 Å². The number of carbonyl (C=O) groups excluding carboxylic acids is 1. The summed E-state index contributed by atoms with van der Waals surface area (Å²) in [6.45, 7) is 4.35. The van der Waals surface area contributed by atoms with Crippen molar-refractivity contribution in [3.8, 4) is 11.4 Å². The Hall–Kier alpha value is -3.08. The summed E-state index contributed by atoms with van der Waals surface area (Å²) >= 11 is 0. The molecule has 1 heterocycles. The Balaban J connectivity index is 1.67. The number of imidazole rings is 1. The van der Waals surface area contributed by atoms with Gasteiger partial charge in [0.15, 0.2) is 6.10 Å². The Kier molecular flexibility index (Phi) is 5.69. The van der Waals surface area contributed by atoms with Crippen molar-refractivity contribution in [1.82, 2.24) is 14.9 Å². The van der Waals surface area contributed by atoms with E-state index in [0.29, 0.717) is 13.0 Å². The molecule has 2 aromatic carbocycles. The van der Waals surface area contributed by atoms with Crippen molar-refractivity contribution in [2.75, 3.05) is 0 Å². The third kappa shape index (κ3) is 4.11. The van der Waals surface area contributed by atoms with Crippen molar-refractivity contribution in [3.63, 3.8) is 0 Å². The first-order chi connectivity index (χ1) is 12.7. The predicted octanol–water partition coefficient (Wildman–Crippen LogP) is 3.65. The van der Waals surface area contributed by atoms with E-state index in [1.54, 1.807) is 12.5 Å². The van der Waals surface area contributed by atoms with Gasteiger partial charge in [-0.3, -0.25) is 4.79 Å². The van der Waals surface area contributed by atoms with Crippen LogP contribution in [0, 0.1) is 6.92 Å². The molecule has 0 fully saturated rings. The number of carbonyl (C=O) groups is 1. The van der Waals surface area contributed by atoms with Gasteiger partial charge in [-0.1, -0.05) is 43.3 Å². The molecule has 0 aliphatic rings. The first-order valence-corrected chi connectivity index (χ1v) is 8.75. The van der Waals surface area contributed by atoms with Gasteiger partial charge in [0.05, 0.1) is 12.0 Å². The number of nitrogens with zero attached hydrogens (tertiary/aromatic N) is 2. The molecule has 0 unspecified atom stereocenters. The number of rotatable bonds is 7. The van der Waals surface area contributed by atoms with Crippen LogP contribution in [0.2, 0.25) is 0 Å². The van der Waals surface area contributed by atoms with Crippen LogP contribution in [0.15, 0.2) is 67.3 Å². The SMILES string of the molecule is CC[C@H](Oc1ccccc1C)C(=O)NCc1ccccc1-n1ccnc1. The fraction of sp³-hybridized carbons (Fsp3) is 0.238. The zero-order valence-electron chi connectivity index (χ0n) is 15.1. The third-order valence-electron chi connectivity index (χ3n) is 4.25. The average molecular weight is 349 g/mol. The Bertz CT molecular complexity index is 859. The largest absolute Gasteiger partial charge is 0.480 e. The minimum Gasteiger partial charge on any atom is -0.480 e. The van der Waals surface area contributed by atoms with E-state index in [1.165, 1.54) is 0 Å². The number of nitrogens with one attached hydrogen (secondary N) is 1. The molecule has 3 rings (SSSR count). The maximum Gasteiger partial charge on any atom is 0.261 e. The Morgan fingerprint density at radius 3 is 2.69 bits per heavy atom. The van der Waals surface area contributed by atoms with Gasteiger partial charge in [0.1, 0.15) is 5.75 Å². The van der Waals surface area contributed by atoms with Gasteiger partial charge in [-0.25, -0.2) is 4.98 Å². The number of aryl methyl sites for hydroxylation is 1. The third-order valence-corrected chi connectivity index (χ3v) is 4.25. The van der Waals surface area contributed by atoms with E-state index in [2.05, 4.69) is 10.3 Å². The number of para-hydroxylation sites is 2. The summed E-state index contributed by atoms with van der Waals surface area (Å²) in [5.41, 5.74) is 3.03. The molecule has 1 atom stereocenters. The van der Waals surface area contributed by atoms with Crippen LogP contribution in [0.1, 0.15) is 24.5 Å². The number of hydrogen-bond donors (Lipinski definition) is 1. The maximum absolute atomic E-state index is 12.6. The molecular weight excluding hydrogens is 326 g/mol. The van der Waals surface area contributed by atoms with Gasteiger partial charge in [-0.05, 0) is 36.6 Å². The summed E-state index contributed by atoms with van der Waals surface area (Å²) in [6, 6.07) is 15.7. The highest BCUT2D eigenvalue weighted by Gasteiger charge is 2.19. The molecule has 0 aliphatic carbocycles. The van der Waals surface area contributed by atoms with Gasteiger partial charge >= 0.3 is 0 Å². The van der Waals surface area contributed by atoms with E-state index >= 15 is 0 Å². The molecule has 26 heavy (non-hydrogen) atoms.